The van der Waals surface area contributed by atoms with Gasteiger partial charge in [-0.15, -0.1) is 21.5 Å². The van der Waals surface area contributed by atoms with Crippen molar-refractivity contribution in [3.05, 3.63) is 28.7 Å². The van der Waals surface area contributed by atoms with Crippen LogP contribution in [0.25, 0.3) is 0 Å². The number of thioether (sulfide) groups is 1. The molecule has 2 aromatic heterocycles. The van der Waals surface area contributed by atoms with Crippen LogP contribution in [-0.2, 0) is 4.79 Å². The molecule has 2 rings (SSSR count). The molecule has 2 aromatic rings. The number of hydrogen-bond acceptors (Lipinski definition) is 5. The molecule has 18 heavy (non-hydrogen) atoms. The van der Waals surface area contributed by atoms with E-state index in [1.165, 1.54) is 16.6 Å². The van der Waals surface area contributed by atoms with Crippen LogP contribution < -0.4 is 0 Å². The summed E-state index contributed by atoms with van der Waals surface area (Å²) in [6, 6.07) is 4.26. The summed E-state index contributed by atoms with van der Waals surface area (Å²) in [5.74, 6) is -0.849. The zero-order valence-electron chi connectivity index (χ0n) is 9.81. The van der Waals surface area contributed by atoms with Crippen LogP contribution in [0.1, 0.15) is 24.3 Å². The highest BCUT2D eigenvalue weighted by Gasteiger charge is 2.17. The fourth-order valence-electron chi connectivity index (χ4n) is 1.69. The normalized spacial score (nSPS) is 12.5. The number of aromatic nitrogens is 3. The van der Waals surface area contributed by atoms with Crippen molar-refractivity contribution < 1.29 is 9.90 Å². The smallest absolute Gasteiger partial charge is 0.313 e. The Morgan fingerprint density at radius 1 is 1.67 bits per heavy atom. The second-order valence-electron chi connectivity index (χ2n) is 3.64. The Labute approximate surface area is 113 Å². The summed E-state index contributed by atoms with van der Waals surface area (Å²) in [7, 11) is 0. The molecule has 0 aliphatic carbocycles. The Morgan fingerprint density at radius 3 is 3.11 bits per heavy atom. The predicted octanol–water partition coefficient (Wildman–Crippen LogP) is 2.52. The summed E-state index contributed by atoms with van der Waals surface area (Å²) in [5, 5.41) is 19.3. The van der Waals surface area contributed by atoms with Gasteiger partial charge in [0.2, 0.25) is 0 Å². The van der Waals surface area contributed by atoms with Gasteiger partial charge in [0.1, 0.15) is 6.33 Å². The van der Waals surface area contributed by atoms with Crippen LogP contribution in [0.3, 0.4) is 0 Å². The van der Waals surface area contributed by atoms with E-state index >= 15 is 0 Å². The van der Waals surface area contributed by atoms with Crippen LogP contribution in [-0.4, -0.2) is 31.6 Å². The van der Waals surface area contributed by atoms with Gasteiger partial charge in [0, 0.05) is 4.88 Å². The largest absolute Gasteiger partial charge is 0.481 e. The summed E-state index contributed by atoms with van der Waals surface area (Å²) in [5.41, 5.74) is 0. The lowest BCUT2D eigenvalue weighted by Crippen LogP contribution is -2.09. The third-order valence-corrected chi connectivity index (χ3v) is 4.37. The van der Waals surface area contributed by atoms with Crippen LogP contribution >= 0.6 is 23.1 Å². The summed E-state index contributed by atoms with van der Waals surface area (Å²) >= 11 is 2.88. The molecule has 0 radical (unpaired) electrons. The van der Waals surface area contributed by atoms with Crippen molar-refractivity contribution in [1.82, 2.24) is 14.8 Å². The molecule has 5 nitrogen and oxygen atoms in total. The number of nitrogens with zero attached hydrogens (tertiary/aromatic N) is 3. The van der Waals surface area contributed by atoms with E-state index < -0.39 is 5.97 Å². The summed E-state index contributed by atoms with van der Waals surface area (Å²) in [4.78, 5) is 11.8. The Kier molecular flexibility index (Phi) is 4.38. The number of carbonyl (C=O) groups is 1. The van der Waals surface area contributed by atoms with Crippen LogP contribution in [0.4, 0.5) is 0 Å². The zero-order valence-corrected chi connectivity index (χ0v) is 11.4. The first-order valence-corrected chi connectivity index (χ1v) is 7.36. The predicted molar refractivity (Wildman–Crippen MR) is 71.1 cm³/mol. The molecule has 96 valence electrons. The van der Waals surface area contributed by atoms with E-state index in [0.717, 1.165) is 6.42 Å². The molecular formula is C11H13N3O2S2. The second-order valence-corrected chi connectivity index (χ2v) is 5.56. The van der Waals surface area contributed by atoms with Gasteiger partial charge in [-0.3, -0.25) is 4.79 Å². The topological polar surface area (TPSA) is 68.0 Å². The quantitative estimate of drug-likeness (QED) is 0.825. The lowest BCUT2D eigenvalue weighted by Gasteiger charge is -2.16. The molecule has 0 aliphatic rings. The Bertz CT molecular complexity index is 510. The number of hydrogen-bond donors (Lipinski definition) is 1. The van der Waals surface area contributed by atoms with Gasteiger partial charge < -0.3 is 9.67 Å². The van der Waals surface area contributed by atoms with Gasteiger partial charge in [-0.05, 0) is 17.9 Å². The Morgan fingerprint density at radius 2 is 2.50 bits per heavy atom. The van der Waals surface area contributed by atoms with Crippen molar-refractivity contribution in [2.24, 2.45) is 0 Å². The maximum atomic E-state index is 10.6. The summed E-state index contributed by atoms with van der Waals surface area (Å²) in [6.07, 6.45) is 2.58. The third kappa shape index (κ3) is 2.91. The first-order valence-electron chi connectivity index (χ1n) is 5.50. The van der Waals surface area contributed by atoms with E-state index in [0.29, 0.717) is 5.16 Å². The molecule has 0 fully saturated rings. The van der Waals surface area contributed by atoms with Gasteiger partial charge >= 0.3 is 5.97 Å². The number of aliphatic carboxylic acids is 1. The van der Waals surface area contributed by atoms with Crippen molar-refractivity contribution >= 4 is 29.1 Å². The molecular weight excluding hydrogens is 270 g/mol. The van der Waals surface area contributed by atoms with Crippen molar-refractivity contribution in [2.75, 3.05) is 5.75 Å². The number of thiophene rings is 1. The molecule has 1 unspecified atom stereocenters. The van der Waals surface area contributed by atoms with Crippen molar-refractivity contribution in [3.8, 4) is 0 Å². The number of carboxylic acids is 1. The van der Waals surface area contributed by atoms with Gasteiger partial charge in [0.15, 0.2) is 5.16 Å². The van der Waals surface area contributed by atoms with E-state index in [9.17, 15) is 4.79 Å². The molecule has 1 atom stereocenters. The van der Waals surface area contributed by atoms with E-state index in [1.807, 2.05) is 16.0 Å². The van der Waals surface area contributed by atoms with Crippen LogP contribution in [0.15, 0.2) is 29.0 Å². The minimum Gasteiger partial charge on any atom is -0.481 e. The van der Waals surface area contributed by atoms with Gasteiger partial charge in [-0.25, -0.2) is 0 Å². The van der Waals surface area contributed by atoms with E-state index in [4.69, 9.17) is 5.11 Å². The van der Waals surface area contributed by atoms with E-state index in [-0.39, 0.29) is 11.8 Å². The molecule has 2 heterocycles. The molecule has 0 saturated carbocycles. The van der Waals surface area contributed by atoms with Crippen LogP contribution in [0.2, 0.25) is 0 Å². The van der Waals surface area contributed by atoms with Gasteiger partial charge in [0.25, 0.3) is 0 Å². The van der Waals surface area contributed by atoms with Crippen LogP contribution in [0.5, 0.6) is 0 Å². The number of carboxylic acid groups (broad SMARTS) is 1. The van der Waals surface area contributed by atoms with Crippen molar-refractivity contribution in [3.63, 3.8) is 0 Å². The van der Waals surface area contributed by atoms with Crippen molar-refractivity contribution in [2.45, 2.75) is 24.5 Å². The Hall–Kier alpha value is -1.34. The molecule has 0 bridgehead atoms. The SMILES string of the molecule is CCC(c1cccs1)n1cnnc1SCC(=O)O. The van der Waals surface area contributed by atoms with Gasteiger partial charge in [-0.2, -0.15) is 0 Å². The fraction of sp³-hybridized carbons (Fsp3) is 0.364. The van der Waals surface area contributed by atoms with Crippen molar-refractivity contribution in [1.29, 1.82) is 0 Å². The minimum atomic E-state index is -0.848. The molecule has 7 heteroatoms. The third-order valence-electron chi connectivity index (χ3n) is 2.46. The highest BCUT2D eigenvalue weighted by Crippen LogP contribution is 2.29. The van der Waals surface area contributed by atoms with E-state index in [1.54, 1.807) is 17.7 Å². The number of rotatable bonds is 6. The average Bonchev–Trinajstić information content (AvgIpc) is 2.99. The lowest BCUT2D eigenvalue weighted by atomic mass is 10.2. The lowest BCUT2D eigenvalue weighted by molar-refractivity contribution is -0.133. The molecule has 0 amide bonds. The molecule has 0 saturated heterocycles. The zero-order chi connectivity index (χ0) is 13.0. The highest BCUT2D eigenvalue weighted by molar-refractivity contribution is 7.99. The van der Waals surface area contributed by atoms with Crippen LogP contribution in [0, 0.1) is 0 Å². The Balaban J connectivity index is 2.21. The monoisotopic (exact) mass is 283 g/mol. The average molecular weight is 283 g/mol. The first kappa shape index (κ1) is 13.1. The molecule has 1 N–H and O–H groups in total. The maximum absolute atomic E-state index is 10.6. The maximum Gasteiger partial charge on any atom is 0.313 e. The highest BCUT2D eigenvalue weighted by atomic mass is 32.2. The minimum absolute atomic E-state index is 0.000428. The molecule has 0 aromatic carbocycles. The fourth-order valence-corrected chi connectivity index (χ4v) is 3.28. The molecule has 0 spiro atoms. The van der Waals surface area contributed by atoms with Gasteiger partial charge in [0.05, 0.1) is 11.8 Å². The second kappa shape index (κ2) is 6.01. The molecule has 0 aliphatic heterocycles. The van der Waals surface area contributed by atoms with Gasteiger partial charge in [-0.1, -0.05) is 24.8 Å². The first-order chi connectivity index (χ1) is 8.72. The van der Waals surface area contributed by atoms with E-state index in [2.05, 4.69) is 23.2 Å². The summed E-state index contributed by atoms with van der Waals surface area (Å²) < 4.78 is 1.94. The standard InChI is InChI=1S/C11H13N3O2S2/c1-2-8(9-4-3-5-17-9)14-7-12-13-11(14)18-6-10(15)16/h3-5,7-8H,2,6H2,1H3,(H,15,16). The summed E-state index contributed by atoms with van der Waals surface area (Å²) in [6.45, 7) is 2.09.